The smallest absolute Gasteiger partial charge is 0.266 e. The lowest BCUT2D eigenvalue weighted by atomic mass is 10.2. The van der Waals surface area contributed by atoms with Crippen molar-refractivity contribution in [3.63, 3.8) is 0 Å². The summed E-state index contributed by atoms with van der Waals surface area (Å²) in [7, 11) is 0. The van der Waals surface area contributed by atoms with E-state index < -0.39 is 5.91 Å². The van der Waals surface area contributed by atoms with Crippen molar-refractivity contribution in [2.45, 2.75) is 13.8 Å². The summed E-state index contributed by atoms with van der Waals surface area (Å²) in [6, 6.07) is 12.2. The highest BCUT2D eigenvalue weighted by molar-refractivity contribution is 6.31. The van der Waals surface area contributed by atoms with Gasteiger partial charge in [0.2, 0.25) is 0 Å². The third-order valence-corrected chi connectivity index (χ3v) is 3.66. The minimum atomic E-state index is -0.513. The van der Waals surface area contributed by atoms with E-state index in [-0.39, 0.29) is 5.57 Å². The van der Waals surface area contributed by atoms with E-state index in [9.17, 15) is 10.1 Å². The molecule has 6 heteroatoms. The van der Waals surface area contributed by atoms with E-state index in [1.54, 1.807) is 30.3 Å². The zero-order chi connectivity index (χ0) is 17.5. The van der Waals surface area contributed by atoms with Gasteiger partial charge < -0.3 is 14.6 Å². The summed E-state index contributed by atoms with van der Waals surface area (Å²) in [6.07, 6.45) is 1.42. The molecule has 0 bridgehead atoms. The number of halogens is 1. The average Bonchev–Trinajstić information content (AvgIpc) is 3.02. The molecule has 0 radical (unpaired) electrons. The van der Waals surface area contributed by atoms with Crippen LogP contribution in [-0.4, -0.2) is 19.0 Å². The molecule has 0 fully saturated rings. The Morgan fingerprint density at radius 2 is 2.08 bits per heavy atom. The van der Waals surface area contributed by atoms with Gasteiger partial charge in [0, 0.05) is 35.9 Å². The molecule has 0 saturated heterocycles. The Morgan fingerprint density at radius 1 is 1.33 bits per heavy atom. The molecule has 0 aliphatic rings. The molecule has 0 aliphatic heterocycles. The molecule has 1 N–H and O–H groups in total. The van der Waals surface area contributed by atoms with Gasteiger partial charge in [-0.15, -0.1) is 0 Å². The van der Waals surface area contributed by atoms with Crippen molar-refractivity contribution in [1.82, 2.24) is 0 Å². The number of carbonyl (C=O) groups is 1. The fraction of sp³-hybridized carbons (Fsp3) is 0.222. The minimum absolute atomic E-state index is 0.0459. The molecule has 2 rings (SSSR count). The molecule has 2 aromatic rings. The highest BCUT2D eigenvalue weighted by Gasteiger charge is 2.12. The van der Waals surface area contributed by atoms with Gasteiger partial charge in [0.1, 0.15) is 17.4 Å². The number of amides is 1. The lowest BCUT2D eigenvalue weighted by Crippen LogP contribution is -2.20. The average molecular weight is 344 g/mol. The first-order valence-electron chi connectivity index (χ1n) is 7.60. The van der Waals surface area contributed by atoms with E-state index in [1.807, 2.05) is 30.9 Å². The molecule has 0 unspecified atom stereocenters. The first kappa shape index (κ1) is 17.6. The van der Waals surface area contributed by atoms with E-state index in [1.165, 1.54) is 6.08 Å². The van der Waals surface area contributed by atoms with Crippen LogP contribution in [0.4, 0.5) is 11.6 Å². The maximum absolute atomic E-state index is 12.2. The predicted octanol–water partition coefficient (Wildman–Crippen LogP) is 4.32. The minimum Gasteiger partial charge on any atom is -0.441 e. The van der Waals surface area contributed by atoms with Gasteiger partial charge >= 0.3 is 0 Å². The quantitative estimate of drug-likeness (QED) is 0.626. The van der Waals surface area contributed by atoms with Crippen LogP contribution in [0.1, 0.15) is 19.6 Å². The second-order valence-corrected chi connectivity index (χ2v) is 5.42. The summed E-state index contributed by atoms with van der Waals surface area (Å²) in [5.74, 6) is 0.647. The standard InChI is InChI=1S/C18H18ClN3O2/c1-3-22(4-2)17-9-8-16(24-17)10-13(12-20)18(23)21-15-7-5-6-14(19)11-15/h5-11H,3-4H2,1-2H3,(H,21,23)/b13-10-. The Hall–Kier alpha value is -2.71. The molecule has 24 heavy (non-hydrogen) atoms. The number of hydrogen-bond acceptors (Lipinski definition) is 4. The van der Waals surface area contributed by atoms with Gasteiger partial charge in [-0.2, -0.15) is 5.26 Å². The van der Waals surface area contributed by atoms with E-state index in [2.05, 4.69) is 5.32 Å². The number of nitrogens with one attached hydrogen (secondary N) is 1. The number of carbonyl (C=O) groups excluding carboxylic acids is 1. The SMILES string of the molecule is CCN(CC)c1ccc(/C=C(/C#N)C(=O)Nc2cccc(Cl)c2)o1. The summed E-state index contributed by atoms with van der Waals surface area (Å²) < 4.78 is 5.68. The highest BCUT2D eigenvalue weighted by atomic mass is 35.5. The molecule has 1 heterocycles. The normalized spacial score (nSPS) is 11.0. The van der Waals surface area contributed by atoms with Crippen LogP contribution in [0.2, 0.25) is 5.02 Å². The number of benzene rings is 1. The molecular weight excluding hydrogens is 326 g/mol. The van der Waals surface area contributed by atoms with Gasteiger partial charge in [-0.3, -0.25) is 4.79 Å². The number of nitriles is 1. The fourth-order valence-electron chi connectivity index (χ4n) is 2.18. The zero-order valence-corrected chi connectivity index (χ0v) is 14.3. The Bertz CT molecular complexity index is 786. The van der Waals surface area contributed by atoms with Crippen molar-refractivity contribution in [3.05, 3.63) is 52.8 Å². The number of furan rings is 1. The molecule has 1 aromatic heterocycles. The van der Waals surface area contributed by atoms with Crippen molar-refractivity contribution in [2.24, 2.45) is 0 Å². The van der Waals surface area contributed by atoms with Crippen LogP contribution in [0.5, 0.6) is 0 Å². The van der Waals surface area contributed by atoms with Crippen LogP contribution in [0.3, 0.4) is 0 Å². The first-order valence-corrected chi connectivity index (χ1v) is 7.98. The topological polar surface area (TPSA) is 69.3 Å². The number of hydrogen-bond donors (Lipinski definition) is 1. The molecule has 0 atom stereocenters. The van der Waals surface area contributed by atoms with Gasteiger partial charge in [-0.05, 0) is 38.1 Å². The van der Waals surface area contributed by atoms with E-state index in [0.29, 0.717) is 22.4 Å². The molecule has 0 saturated carbocycles. The van der Waals surface area contributed by atoms with E-state index >= 15 is 0 Å². The molecular formula is C18H18ClN3O2. The third kappa shape index (κ3) is 4.40. The van der Waals surface area contributed by atoms with Crippen LogP contribution in [-0.2, 0) is 4.79 Å². The number of rotatable bonds is 6. The van der Waals surface area contributed by atoms with Crippen LogP contribution < -0.4 is 10.2 Å². The molecule has 5 nitrogen and oxygen atoms in total. The fourth-order valence-corrected chi connectivity index (χ4v) is 2.37. The first-order chi connectivity index (χ1) is 11.6. The zero-order valence-electron chi connectivity index (χ0n) is 13.5. The summed E-state index contributed by atoms with van der Waals surface area (Å²) >= 11 is 5.88. The van der Waals surface area contributed by atoms with E-state index in [0.717, 1.165) is 13.1 Å². The molecule has 1 amide bonds. The molecule has 0 spiro atoms. The Labute approximate surface area is 146 Å². The van der Waals surface area contributed by atoms with Crippen molar-refractivity contribution in [3.8, 4) is 6.07 Å². The number of nitrogens with zero attached hydrogens (tertiary/aromatic N) is 2. The summed E-state index contributed by atoms with van der Waals surface area (Å²) in [5, 5.41) is 12.4. The highest BCUT2D eigenvalue weighted by Crippen LogP contribution is 2.21. The molecule has 124 valence electrons. The summed E-state index contributed by atoms with van der Waals surface area (Å²) in [4.78, 5) is 14.3. The largest absolute Gasteiger partial charge is 0.441 e. The Kier molecular flexibility index (Phi) is 6.05. The van der Waals surface area contributed by atoms with Crippen molar-refractivity contribution < 1.29 is 9.21 Å². The second-order valence-electron chi connectivity index (χ2n) is 4.98. The Balaban J connectivity index is 2.17. The number of anilines is 2. The van der Waals surface area contributed by atoms with Gasteiger partial charge in [0.05, 0.1) is 0 Å². The van der Waals surface area contributed by atoms with Crippen LogP contribution in [0.15, 0.2) is 46.4 Å². The maximum atomic E-state index is 12.2. The predicted molar refractivity (Wildman–Crippen MR) is 95.9 cm³/mol. The van der Waals surface area contributed by atoms with Gasteiger partial charge in [0.15, 0.2) is 5.88 Å². The van der Waals surface area contributed by atoms with Gasteiger partial charge in [-0.1, -0.05) is 17.7 Å². The summed E-state index contributed by atoms with van der Waals surface area (Å²) in [6.45, 7) is 5.68. The van der Waals surface area contributed by atoms with Crippen molar-refractivity contribution >= 4 is 35.2 Å². The van der Waals surface area contributed by atoms with Gasteiger partial charge in [0.25, 0.3) is 5.91 Å². The van der Waals surface area contributed by atoms with Crippen molar-refractivity contribution in [1.29, 1.82) is 5.26 Å². The third-order valence-electron chi connectivity index (χ3n) is 3.42. The second kappa shape index (κ2) is 8.23. The lowest BCUT2D eigenvalue weighted by Gasteiger charge is -2.16. The van der Waals surface area contributed by atoms with Crippen LogP contribution >= 0.6 is 11.6 Å². The van der Waals surface area contributed by atoms with Crippen LogP contribution in [0.25, 0.3) is 6.08 Å². The monoisotopic (exact) mass is 343 g/mol. The molecule has 0 aliphatic carbocycles. The van der Waals surface area contributed by atoms with Gasteiger partial charge in [-0.25, -0.2) is 0 Å². The molecule has 1 aromatic carbocycles. The van der Waals surface area contributed by atoms with Crippen LogP contribution in [0, 0.1) is 11.3 Å². The van der Waals surface area contributed by atoms with Crippen molar-refractivity contribution in [2.75, 3.05) is 23.3 Å². The summed E-state index contributed by atoms with van der Waals surface area (Å²) in [5.41, 5.74) is 0.479. The lowest BCUT2D eigenvalue weighted by molar-refractivity contribution is -0.112. The Morgan fingerprint density at radius 3 is 2.71 bits per heavy atom. The maximum Gasteiger partial charge on any atom is 0.266 e. The van der Waals surface area contributed by atoms with E-state index in [4.69, 9.17) is 16.0 Å².